The summed E-state index contributed by atoms with van der Waals surface area (Å²) in [5.74, 6) is -1.00. The van der Waals surface area contributed by atoms with Crippen molar-refractivity contribution in [2.24, 2.45) is 0 Å². The van der Waals surface area contributed by atoms with E-state index in [4.69, 9.17) is 14.2 Å². The van der Waals surface area contributed by atoms with Crippen LogP contribution < -0.4 is 0 Å². The van der Waals surface area contributed by atoms with Crippen molar-refractivity contribution in [3.8, 4) is 0 Å². The van der Waals surface area contributed by atoms with Crippen LogP contribution in [0.5, 0.6) is 0 Å². The Morgan fingerprint density at radius 1 is 0.368 bits per heavy atom. The molecule has 0 saturated carbocycles. The molecule has 0 aliphatic heterocycles. The number of ether oxygens (including phenoxy) is 3. The summed E-state index contributed by atoms with van der Waals surface area (Å²) in [6.45, 7) is 6.40. The molecule has 0 rings (SSSR count). The molecule has 0 aromatic rings. The Bertz CT molecular complexity index is 1050. The van der Waals surface area contributed by atoms with Crippen molar-refractivity contribution in [3.63, 3.8) is 0 Å². The third-order valence-corrected chi connectivity index (χ3v) is 9.98. The molecular formula is C51H88O6. The second-order valence-corrected chi connectivity index (χ2v) is 15.6. The first-order chi connectivity index (χ1) is 28.0. The van der Waals surface area contributed by atoms with Gasteiger partial charge in [-0.2, -0.15) is 0 Å². The number of hydrogen-bond acceptors (Lipinski definition) is 6. The number of esters is 3. The molecule has 1 atom stereocenters. The molecule has 0 aromatic carbocycles. The van der Waals surface area contributed by atoms with Crippen molar-refractivity contribution in [1.82, 2.24) is 0 Å². The van der Waals surface area contributed by atoms with E-state index in [2.05, 4.69) is 81.5 Å². The van der Waals surface area contributed by atoms with E-state index in [1.54, 1.807) is 0 Å². The Hall–Kier alpha value is -2.89. The number of carbonyl (C=O) groups is 3. The van der Waals surface area contributed by atoms with Gasteiger partial charge < -0.3 is 14.2 Å². The lowest BCUT2D eigenvalue weighted by molar-refractivity contribution is -0.167. The van der Waals surface area contributed by atoms with Crippen molar-refractivity contribution < 1.29 is 28.6 Å². The van der Waals surface area contributed by atoms with Gasteiger partial charge in [0.15, 0.2) is 6.10 Å². The zero-order valence-corrected chi connectivity index (χ0v) is 37.3. The third kappa shape index (κ3) is 44.1. The van der Waals surface area contributed by atoms with Crippen molar-refractivity contribution in [2.75, 3.05) is 13.2 Å². The van der Waals surface area contributed by atoms with E-state index in [9.17, 15) is 14.4 Å². The molecule has 0 saturated heterocycles. The van der Waals surface area contributed by atoms with E-state index in [0.717, 1.165) is 57.8 Å². The molecule has 0 bridgehead atoms. The summed E-state index contributed by atoms with van der Waals surface area (Å²) in [7, 11) is 0. The fraction of sp³-hybridized carbons (Fsp3) is 0.745. The summed E-state index contributed by atoms with van der Waals surface area (Å²) in [5, 5.41) is 0. The molecule has 0 aliphatic rings. The number of allylic oxidation sites excluding steroid dienone is 10. The first kappa shape index (κ1) is 54.1. The minimum atomic E-state index is -0.809. The number of carbonyl (C=O) groups excluding carboxylic acids is 3. The van der Waals surface area contributed by atoms with Crippen LogP contribution >= 0.6 is 0 Å². The standard InChI is InChI=1S/C51H88O6/c1-4-7-10-13-16-19-21-22-23-24-25-26-27-28-30-32-35-38-41-44-50(53)56-47-48(46-55-49(52)43-40-37-34-31-18-15-12-9-6-3)57-51(54)45-42-39-36-33-29-20-17-14-11-8-5-2/h8,11,17,20,24-25,31,33-34,36,48H,4-7,9-10,12-16,18-19,21-23,26-30,32,35,37-47H2,1-3H3/b11-8-,20-17-,25-24-,34-31-,36-33-. The van der Waals surface area contributed by atoms with Gasteiger partial charge in [-0.05, 0) is 89.9 Å². The zero-order chi connectivity index (χ0) is 41.5. The fourth-order valence-electron chi connectivity index (χ4n) is 6.40. The van der Waals surface area contributed by atoms with Gasteiger partial charge in [-0.1, -0.05) is 178 Å². The highest BCUT2D eigenvalue weighted by Gasteiger charge is 2.19. The van der Waals surface area contributed by atoms with Gasteiger partial charge in [0.05, 0.1) is 0 Å². The summed E-state index contributed by atoms with van der Waals surface area (Å²) in [6.07, 6.45) is 55.2. The van der Waals surface area contributed by atoms with Crippen molar-refractivity contribution in [3.05, 3.63) is 60.8 Å². The van der Waals surface area contributed by atoms with Gasteiger partial charge in [-0.3, -0.25) is 14.4 Å². The maximum Gasteiger partial charge on any atom is 0.306 e. The summed E-state index contributed by atoms with van der Waals surface area (Å²) in [6, 6.07) is 0. The molecule has 0 amide bonds. The first-order valence-electron chi connectivity index (χ1n) is 23.8. The Morgan fingerprint density at radius 3 is 1.18 bits per heavy atom. The van der Waals surface area contributed by atoms with E-state index in [1.807, 2.05) is 0 Å². The molecule has 6 nitrogen and oxygen atoms in total. The quantitative estimate of drug-likeness (QED) is 0.0265. The van der Waals surface area contributed by atoms with Gasteiger partial charge in [0.25, 0.3) is 0 Å². The van der Waals surface area contributed by atoms with E-state index < -0.39 is 6.10 Å². The summed E-state index contributed by atoms with van der Waals surface area (Å²) >= 11 is 0. The van der Waals surface area contributed by atoms with Crippen LogP contribution in [0.2, 0.25) is 0 Å². The fourth-order valence-corrected chi connectivity index (χ4v) is 6.40. The molecule has 328 valence electrons. The lowest BCUT2D eigenvalue weighted by atomic mass is 10.1. The van der Waals surface area contributed by atoms with E-state index >= 15 is 0 Å². The molecule has 0 aliphatic carbocycles. The molecule has 0 aromatic heterocycles. The van der Waals surface area contributed by atoms with Crippen LogP contribution in [0.4, 0.5) is 0 Å². The second kappa shape index (κ2) is 45.8. The van der Waals surface area contributed by atoms with Gasteiger partial charge in [-0.15, -0.1) is 0 Å². The molecular weight excluding hydrogens is 709 g/mol. The lowest BCUT2D eigenvalue weighted by Crippen LogP contribution is -2.30. The van der Waals surface area contributed by atoms with Crippen LogP contribution in [-0.2, 0) is 28.6 Å². The molecule has 0 fully saturated rings. The smallest absolute Gasteiger partial charge is 0.306 e. The monoisotopic (exact) mass is 797 g/mol. The average molecular weight is 797 g/mol. The predicted molar refractivity (Wildman–Crippen MR) is 242 cm³/mol. The maximum atomic E-state index is 12.7. The highest BCUT2D eigenvalue weighted by molar-refractivity contribution is 5.71. The van der Waals surface area contributed by atoms with Gasteiger partial charge in [0.1, 0.15) is 13.2 Å². The Balaban J connectivity index is 4.34. The molecule has 0 radical (unpaired) electrons. The van der Waals surface area contributed by atoms with Gasteiger partial charge >= 0.3 is 17.9 Å². The van der Waals surface area contributed by atoms with Gasteiger partial charge in [-0.25, -0.2) is 0 Å². The Morgan fingerprint density at radius 2 is 0.702 bits per heavy atom. The normalized spacial score (nSPS) is 12.5. The topological polar surface area (TPSA) is 78.9 Å². The average Bonchev–Trinajstić information content (AvgIpc) is 3.21. The zero-order valence-electron chi connectivity index (χ0n) is 37.3. The van der Waals surface area contributed by atoms with Gasteiger partial charge in [0.2, 0.25) is 0 Å². The summed E-state index contributed by atoms with van der Waals surface area (Å²) < 4.78 is 16.6. The predicted octanol–water partition coefficient (Wildman–Crippen LogP) is 15.3. The molecule has 6 heteroatoms. The number of rotatable bonds is 42. The van der Waals surface area contributed by atoms with Crippen molar-refractivity contribution >= 4 is 17.9 Å². The molecule has 1 unspecified atom stereocenters. The highest BCUT2D eigenvalue weighted by atomic mass is 16.6. The van der Waals surface area contributed by atoms with Crippen LogP contribution in [0.1, 0.15) is 226 Å². The maximum absolute atomic E-state index is 12.7. The van der Waals surface area contributed by atoms with Crippen LogP contribution in [-0.4, -0.2) is 37.2 Å². The third-order valence-electron chi connectivity index (χ3n) is 9.98. The van der Waals surface area contributed by atoms with Crippen LogP contribution in [0.15, 0.2) is 60.8 Å². The first-order valence-corrected chi connectivity index (χ1v) is 23.8. The molecule has 0 N–H and O–H groups in total. The summed E-state index contributed by atoms with van der Waals surface area (Å²) in [5.41, 5.74) is 0. The second-order valence-electron chi connectivity index (χ2n) is 15.6. The SMILES string of the molecule is CC/C=C\C/C=C\C/C=C\CCCC(=O)OC(COC(=O)CCC/C=C\CCCCCC)COC(=O)CCCCCCCCC/C=C\CCCCCCCCCC. The molecule has 0 spiro atoms. The van der Waals surface area contributed by atoms with Gasteiger partial charge in [0, 0.05) is 19.3 Å². The highest BCUT2D eigenvalue weighted by Crippen LogP contribution is 2.13. The lowest BCUT2D eigenvalue weighted by Gasteiger charge is -2.18. The van der Waals surface area contributed by atoms with Crippen molar-refractivity contribution in [1.29, 1.82) is 0 Å². The minimum Gasteiger partial charge on any atom is -0.462 e. The van der Waals surface area contributed by atoms with Crippen LogP contribution in [0.25, 0.3) is 0 Å². The van der Waals surface area contributed by atoms with Crippen LogP contribution in [0, 0.1) is 0 Å². The van der Waals surface area contributed by atoms with Crippen molar-refractivity contribution in [2.45, 2.75) is 232 Å². The Kier molecular flexibility index (Phi) is 43.5. The van der Waals surface area contributed by atoms with E-state index in [0.29, 0.717) is 25.7 Å². The van der Waals surface area contributed by atoms with E-state index in [1.165, 1.54) is 116 Å². The molecule has 0 heterocycles. The number of unbranched alkanes of at least 4 members (excludes halogenated alkanes) is 21. The largest absolute Gasteiger partial charge is 0.462 e. The number of hydrogen-bond donors (Lipinski definition) is 0. The minimum absolute atomic E-state index is 0.105. The van der Waals surface area contributed by atoms with Crippen LogP contribution in [0.3, 0.4) is 0 Å². The Labute approximate surface area is 351 Å². The summed E-state index contributed by atoms with van der Waals surface area (Å²) in [4.78, 5) is 37.7. The van der Waals surface area contributed by atoms with E-state index in [-0.39, 0.29) is 37.5 Å². The molecule has 57 heavy (non-hydrogen) atoms.